The van der Waals surface area contributed by atoms with Gasteiger partial charge in [-0.1, -0.05) is 66.2 Å². The van der Waals surface area contributed by atoms with E-state index in [0.29, 0.717) is 22.9 Å². The van der Waals surface area contributed by atoms with Gasteiger partial charge in [0.25, 0.3) is 0 Å². The number of carbonyl (C=O) groups excluding carboxylic acids is 1. The van der Waals surface area contributed by atoms with Crippen LogP contribution in [0.3, 0.4) is 0 Å². The highest BCUT2D eigenvalue weighted by molar-refractivity contribution is 6.30. The van der Waals surface area contributed by atoms with Crippen molar-refractivity contribution in [1.29, 1.82) is 0 Å². The van der Waals surface area contributed by atoms with Crippen molar-refractivity contribution in [2.45, 2.75) is 24.9 Å². The molecule has 3 unspecified atom stereocenters. The first-order valence-electron chi connectivity index (χ1n) is 10.6. The molecule has 0 bridgehead atoms. The van der Waals surface area contributed by atoms with Crippen molar-refractivity contribution in [1.82, 2.24) is 4.90 Å². The average Bonchev–Trinajstić information content (AvgIpc) is 3.51. The van der Waals surface area contributed by atoms with Crippen molar-refractivity contribution in [2.24, 2.45) is 5.92 Å². The van der Waals surface area contributed by atoms with Crippen LogP contribution in [-0.4, -0.2) is 28.5 Å². The zero-order valence-electron chi connectivity index (χ0n) is 17.3. The molecule has 1 N–H and O–H groups in total. The Hall–Kier alpha value is -3.31. The lowest BCUT2D eigenvalue weighted by molar-refractivity contribution is -0.139. The molecule has 3 aromatic rings. The van der Waals surface area contributed by atoms with Crippen LogP contribution in [0.5, 0.6) is 5.75 Å². The number of hydrogen-bond acceptors (Lipinski definition) is 3. The second-order valence-corrected chi connectivity index (χ2v) is 8.73. The topological polar surface area (TPSA) is 66.8 Å². The van der Waals surface area contributed by atoms with Gasteiger partial charge in [-0.05, 0) is 47.2 Å². The molecule has 32 heavy (non-hydrogen) atoms. The molecule has 0 radical (unpaired) electrons. The summed E-state index contributed by atoms with van der Waals surface area (Å²) in [6.07, 6.45) is 0.834. The Balaban J connectivity index is 1.50. The molecule has 1 saturated carbocycles. The maximum atomic E-state index is 13.7. The smallest absolute Gasteiger partial charge is 0.341 e. The maximum absolute atomic E-state index is 13.7. The normalized spacial score (nSPS) is 21.2. The highest BCUT2D eigenvalue weighted by Gasteiger charge is 2.49. The number of benzene rings is 3. The first kappa shape index (κ1) is 20.6. The van der Waals surface area contributed by atoms with Crippen molar-refractivity contribution < 1.29 is 19.4 Å². The number of carboxylic acids is 1. The van der Waals surface area contributed by atoms with Gasteiger partial charge in [-0.25, -0.2) is 4.79 Å². The number of carbonyl (C=O) groups is 2. The Morgan fingerprint density at radius 1 is 1.00 bits per heavy atom. The molecule has 3 atom stereocenters. The molecule has 0 aromatic heterocycles. The number of fused-ring (bicyclic) bond motifs is 1. The predicted octanol–water partition coefficient (Wildman–Crippen LogP) is 5.04. The van der Waals surface area contributed by atoms with Gasteiger partial charge < -0.3 is 14.7 Å². The molecule has 3 aromatic carbocycles. The van der Waals surface area contributed by atoms with E-state index in [1.54, 1.807) is 18.2 Å². The van der Waals surface area contributed by atoms with Gasteiger partial charge in [-0.2, -0.15) is 0 Å². The molecule has 1 aliphatic heterocycles. The van der Waals surface area contributed by atoms with Crippen molar-refractivity contribution in [3.05, 3.63) is 100 Å². The highest BCUT2D eigenvalue weighted by atomic mass is 35.5. The lowest BCUT2D eigenvalue weighted by Gasteiger charge is -2.28. The molecule has 5 nitrogen and oxygen atoms in total. The van der Waals surface area contributed by atoms with Gasteiger partial charge in [0, 0.05) is 23.0 Å². The van der Waals surface area contributed by atoms with E-state index in [9.17, 15) is 9.59 Å². The van der Waals surface area contributed by atoms with E-state index < -0.39 is 12.6 Å². The van der Waals surface area contributed by atoms with Crippen molar-refractivity contribution in [3.63, 3.8) is 0 Å². The van der Waals surface area contributed by atoms with Gasteiger partial charge in [0.15, 0.2) is 6.61 Å². The summed E-state index contributed by atoms with van der Waals surface area (Å²) < 4.78 is 5.58. The first-order chi connectivity index (χ1) is 15.5. The number of ether oxygens (including phenoxy) is 1. The van der Waals surface area contributed by atoms with Crippen molar-refractivity contribution in [3.8, 4) is 5.75 Å². The molecule has 1 amide bonds. The SMILES string of the molecule is O=C(O)COc1ccc(Cl)cc1C1c2ccccc2CN1C(=O)C1CC1c1ccccc1. The number of amides is 1. The summed E-state index contributed by atoms with van der Waals surface area (Å²) >= 11 is 6.32. The standard InChI is InChI=1S/C26H22ClNO4/c27-18-10-11-23(32-15-24(29)30)22(12-18)25-19-9-5-4-8-17(19)14-28(25)26(31)21-13-20(21)16-6-2-1-3-7-16/h1-12,20-21,25H,13-15H2,(H,29,30). The van der Waals surface area contributed by atoms with E-state index >= 15 is 0 Å². The maximum Gasteiger partial charge on any atom is 0.341 e. The summed E-state index contributed by atoms with van der Waals surface area (Å²) in [5.74, 6) is -0.364. The summed E-state index contributed by atoms with van der Waals surface area (Å²) in [7, 11) is 0. The quantitative estimate of drug-likeness (QED) is 0.575. The van der Waals surface area contributed by atoms with Crippen LogP contribution in [0.25, 0.3) is 0 Å². The minimum atomic E-state index is -1.06. The van der Waals surface area contributed by atoms with Crippen LogP contribution in [-0.2, 0) is 16.1 Å². The minimum Gasteiger partial charge on any atom is -0.482 e. The van der Waals surface area contributed by atoms with Crippen LogP contribution < -0.4 is 4.74 Å². The lowest BCUT2D eigenvalue weighted by atomic mass is 9.97. The molecule has 2 aliphatic rings. The third-order valence-electron chi connectivity index (χ3n) is 6.24. The summed E-state index contributed by atoms with van der Waals surface area (Å²) in [4.78, 5) is 26.6. The first-order valence-corrected chi connectivity index (χ1v) is 11.0. The summed E-state index contributed by atoms with van der Waals surface area (Å²) in [5, 5.41) is 9.59. The molecular weight excluding hydrogens is 426 g/mol. The van der Waals surface area contributed by atoms with E-state index in [2.05, 4.69) is 12.1 Å². The fraction of sp³-hybridized carbons (Fsp3) is 0.231. The molecule has 0 spiro atoms. The Morgan fingerprint density at radius 2 is 1.75 bits per heavy atom. The van der Waals surface area contributed by atoms with Gasteiger partial charge in [-0.15, -0.1) is 0 Å². The number of hydrogen-bond donors (Lipinski definition) is 1. The van der Waals surface area contributed by atoms with Crippen molar-refractivity contribution >= 4 is 23.5 Å². The minimum absolute atomic E-state index is 0.0585. The van der Waals surface area contributed by atoms with E-state index in [1.807, 2.05) is 47.4 Å². The molecule has 1 heterocycles. The van der Waals surface area contributed by atoms with Crippen LogP contribution >= 0.6 is 11.6 Å². The number of carboxylic acid groups (broad SMARTS) is 1. The molecule has 0 saturated heterocycles. The third-order valence-corrected chi connectivity index (χ3v) is 6.47. The lowest BCUT2D eigenvalue weighted by Crippen LogP contribution is -2.32. The Labute approximate surface area is 191 Å². The van der Waals surface area contributed by atoms with Crippen LogP contribution in [0.15, 0.2) is 72.8 Å². The third kappa shape index (κ3) is 3.84. The monoisotopic (exact) mass is 447 g/mol. The second kappa shape index (κ2) is 8.32. The van der Waals surface area contributed by atoms with Crippen LogP contribution in [0.4, 0.5) is 0 Å². The van der Waals surface area contributed by atoms with Crippen molar-refractivity contribution in [2.75, 3.05) is 6.61 Å². The summed E-state index contributed by atoms with van der Waals surface area (Å²) in [6, 6.07) is 22.8. The Morgan fingerprint density at radius 3 is 2.53 bits per heavy atom. The van der Waals surface area contributed by atoms with E-state index in [-0.39, 0.29) is 23.8 Å². The Kier molecular flexibility index (Phi) is 5.35. The number of nitrogens with zero attached hydrogens (tertiary/aromatic N) is 1. The van der Waals surface area contributed by atoms with Crippen LogP contribution in [0.2, 0.25) is 5.02 Å². The number of halogens is 1. The number of rotatable bonds is 6. The average molecular weight is 448 g/mol. The number of aliphatic carboxylic acids is 1. The van der Waals surface area contributed by atoms with E-state index in [4.69, 9.17) is 21.4 Å². The van der Waals surface area contributed by atoms with E-state index in [0.717, 1.165) is 17.5 Å². The van der Waals surface area contributed by atoms with Gasteiger partial charge in [0.2, 0.25) is 5.91 Å². The predicted molar refractivity (Wildman–Crippen MR) is 121 cm³/mol. The molecule has 5 rings (SSSR count). The van der Waals surface area contributed by atoms with Crippen LogP contribution in [0.1, 0.15) is 40.6 Å². The van der Waals surface area contributed by atoms with Gasteiger partial charge in [-0.3, -0.25) is 4.79 Å². The fourth-order valence-electron chi connectivity index (χ4n) is 4.68. The largest absolute Gasteiger partial charge is 0.482 e. The highest BCUT2D eigenvalue weighted by Crippen LogP contribution is 2.51. The van der Waals surface area contributed by atoms with Gasteiger partial charge in [0.05, 0.1) is 6.04 Å². The molecule has 162 valence electrons. The zero-order chi connectivity index (χ0) is 22.2. The van der Waals surface area contributed by atoms with Gasteiger partial charge >= 0.3 is 5.97 Å². The van der Waals surface area contributed by atoms with Gasteiger partial charge in [0.1, 0.15) is 5.75 Å². The molecular formula is C26H22ClNO4. The molecule has 1 fully saturated rings. The summed E-state index contributed by atoms with van der Waals surface area (Å²) in [6.45, 7) is 0.0399. The zero-order valence-corrected chi connectivity index (χ0v) is 18.0. The second-order valence-electron chi connectivity index (χ2n) is 8.29. The fourth-order valence-corrected chi connectivity index (χ4v) is 4.86. The molecule has 6 heteroatoms. The Bertz CT molecular complexity index is 1180. The molecule has 1 aliphatic carbocycles. The van der Waals surface area contributed by atoms with E-state index in [1.165, 1.54) is 5.56 Å². The van der Waals surface area contributed by atoms with Crippen LogP contribution in [0, 0.1) is 5.92 Å². The summed E-state index contributed by atoms with van der Waals surface area (Å²) in [5.41, 5.74) is 3.98.